The van der Waals surface area contributed by atoms with Crippen LogP contribution in [-0.2, 0) is 20.8 Å². The highest BCUT2D eigenvalue weighted by molar-refractivity contribution is 5.85. The Morgan fingerprint density at radius 2 is 1.38 bits per heavy atom. The van der Waals surface area contributed by atoms with Gasteiger partial charge >= 0.3 is 17.9 Å². The molecule has 0 fully saturated rings. The summed E-state index contributed by atoms with van der Waals surface area (Å²) < 4.78 is 16.9. The SMILES string of the molecule is Cc1c2c(cc(OC(=O)C(C)C)c1OC(=O)C(C)C)C(c1ccc(OC(=O)C(C)C)cc1)CNCC2.Cl. The lowest BCUT2D eigenvalue weighted by Gasteiger charge is -2.23. The minimum Gasteiger partial charge on any atom is -0.426 e. The molecule has 1 aliphatic rings. The second kappa shape index (κ2) is 13.1. The van der Waals surface area contributed by atoms with E-state index in [1.165, 1.54) is 0 Å². The van der Waals surface area contributed by atoms with Gasteiger partial charge in [-0.05, 0) is 60.3 Å². The molecule has 2 aromatic rings. The quantitative estimate of drug-likeness (QED) is 0.379. The maximum Gasteiger partial charge on any atom is 0.313 e. The summed E-state index contributed by atoms with van der Waals surface area (Å²) >= 11 is 0. The Morgan fingerprint density at radius 1 is 0.838 bits per heavy atom. The Labute approximate surface area is 225 Å². The first-order valence-corrected chi connectivity index (χ1v) is 12.6. The summed E-state index contributed by atoms with van der Waals surface area (Å²) in [5, 5.41) is 3.49. The smallest absolute Gasteiger partial charge is 0.313 e. The van der Waals surface area contributed by atoms with Gasteiger partial charge in [-0.25, -0.2) is 0 Å². The zero-order valence-electron chi connectivity index (χ0n) is 22.7. The third kappa shape index (κ3) is 7.33. The first kappa shape index (κ1) is 30.3. The second-order valence-corrected chi connectivity index (χ2v) is 10.2. The number of halogens is 1. The normalized spacial score (nSPS) is 15.0. The van der Waals surface area contributed by atoms with E-state index in [0.717, 1.165) is 35.2 Å². The monoisotopic (exact) mass is 531 g/mol. The van der Waals surface area contributed by atoms with Gasteiger partial charge in [0, 0.05) is 12.5 Å². The van der Waals surface area contributed by atoms with Crippen LogP contribution in [0.3, 0.4) is 0 Å². The van der Waals surface area contributed by atoms with Crippen molar-refractivity contribution in [2.24, 2.45) is 17.8 Å². The molecule has 0 radical (unpaired) electrons. The first-order valence-electron chi connectivity index (χ1n) is 12.6. The highest BCUT2D eigenvalue weighted by Crippen LogP contribution is 2.42. The van der Waals surface area contributed by atoms with Crippen LogP contribution in [0.4, 0.5) is 0 Å². The van der Waals surface area contributed by atoms with Crippen molar-refractivity contribution in [3.05, 3.63) is 52.6 Å². The van der Waals surface area contributed by atoms with Crippen molar-refractivity contribution in [2.45, 2.75) is 60.8 Å². The third-order valence-corrected chi connectivity index (χ3v) is 6.26. The zero-order chi connectivity index (χ0) is 26.6. The molecule has 1 aliphatic heterocycles. The maximum atomic E-state index is 12.5. The van der Waals surface area contributed by atoms with E-state index < -0.39 is 5.97 Å². The summed E-state index contributed by atoms with van der Waals surface area (Å²) in [4.78, 5) is 37.0. The molecule has 202 valence electrons. The summed E-state index contributed by atoms with van der Waals surface area (Å²) in [5.41, 5.74) is 3.91. The van der Waals surface area contributed by atoms with E-state index in [2.05, 4.69) is 5.32 Å². The van der Waals surface area contributed by atoms with Crippen LogP contribution in [0, 0.1) is 24.7 Å². The second-order valence-electron chi connectivity index (χ2n) is 10.2. The number of nitrogens with one attached hydrogen (secondary N) is 1. The Kier molecular flexibility index (Phi) is 10.7. The van der Waals surface area contributed by atoms with Gasteiger partial charge in [-0.3, -0.25) is 14.4 Å². The lowest BCUT2D eigenvalue weighted by molar-refractivity contribution is -0.140. The molecule has 8 heteroatoms. The van der Waals surface area contributed by atoms with Crippen LogP contribution in [0.15, 0.2) is 30.3 Å². The Hall–Kier alpha value is -2.90. The number of carbonyl (C=O) groups excluding carboxylic acids is 3. The molecule has 1 unspecified atom stereocenters. The standard InChI is InChI=1S/C29H37NO6.ClH/c1-16(2)27(31)34-21-10-8-20(9-11-21)24-15-30-13-12-22-19(7)26(36-29(33)18(5)6)25(14-23(22)24)35-28(32)17(3)4;/h8-11,14,16-18,24,30H,12-13,15H2,1-7H3;1H. The lowest BCUT2D eigenvalue weighted by atomic mass is 9.85. The average Bonchev–Trinajstić information content (AvgIpc) is 3.04. The van der Waals surface area contributed by atoms with E-state index in [1.54, 1.807) is 53.7 Å². The third-order valence-electron chi connectivity index (χ3n) is 6.26. The molecule has 37 heavy (non-hydrogen) atoms. The van der Waals surface area contributed by atoms with Crippen LogP contribution >= 0.6 is 12.4 Å². The summed E-state index contributed by atoms with van der Waals surface area (Å²) in [6.07, 6.45) is 0.742. The van der Waals surface area contributed by atoms with Crippen LogP contribution in [-0.4, -0.2) is 31.0 Å². The van der Waals surface area contributed by atoms with Gasteiger partial charge in [-0.1, -0.05) is 53.7 Å². The number of hydrogen-bond donors (Lipinski definition) is 1. The van der Waals surface area contributed by atoms with Gasteiger partial charge in [0.05, 0.1) is 17.8 Å². The molecule has 1 N–H and O–H groups in total. The minimum atomic E-state index is -0.393. The van der Waals surface area contributed by atoms with Crippen molar-refractivity contribution in [3.8, 4) is 17.2 Å². The molecule has 7 nitrogen and oxygen atoms in total. The van der Waals surface area contributed by atoms with Crippen molar-refractivity contribution in [2.75, 3.05) is 13.1 Å². The van der Waals surface area contributed by atoms with E-state index in [-0.39, 0.29) is 53.8 Å². The molecule has 0 amide bonds. The van der Waals surface area contributed by atoms with Crippen molar-refractivity contribution in [1.82, 2.24) is 5.32 Å². The van der Waals surface area contributed by atoms with Gasteiger partial charge in [-0.15, -0.1) is 12.4 Å². The van der Waals surface area contributed by atoms with Gasteiger partial charge in [0.1, 0.15) is 5.75 Å². The predicted molar refractivity (Wildman–Crippen MR) is 145 cm³/mol. The van der Waals surface area contributed by atoms with Crippen LogP contribution in [0.5, 0.6) is 17.2 Å². The number of hydrogen-bond acceptors (Lipinski definition) is 7. The van der Waals surface area contributed by atoms with Gasteiger partial charge in [-0.2, -0.15) is 0 Å². The first-order chi connectivity index (χ1) is 17.0. The lowest BCUT2D eigenvalue weighted by Crippen LogP contribution is -2.21. The molecule has 0 spiro atoms. The van der Waals surface area contributed by atoms with Crippen LogP contribution in [0.1, 0.15) is 69.7 Å². The minimum absolute atomic E-state index is 0. The van der Waals surface area contributed by atoms with Crippen LogP contribution < -0.4 is 19.5 Å². The molecular formula is C29H38ClNO6. The topological polar surface area (TPSA) is 90.9 Å². The number of rotatable bonds is 7. The number of ether oxygens (including phenoxy) is 3. The maximum absolute atomic E-state index is 12.5. The largest absolute Gasteiger partial charge is 0.426 e. The van der Waals surface area contributed by atoms with Crippen LogP contribution in [0.25, 0.3) is 0 Å². The Bertz CT molecular complexity index is 1120. The van der Waals surface area contributed by atoms with E-state index >= 15 is 0 Å². The van der Waals surface area contributed by atoms with Crippen LogP contribution in [0.2, 0.25) is 0 Å². The molecule has 1 heterocycles. The van der Waals surface area contributed by atoms with Gasteiger partial charge in [0.15, 0.2) is 11.5 Å². The van der Waals surface area contributed by atoms with Crippen molar-refractivity contribution >= 4 is 30.3 Å². The van der Waals surface area contributed by atoms with E-state index in [0.29, 0.717) is 18.0 Å². The number of carbonyl (C=O) groups is 3. The Balaban J connectivity index is 0.00000481. The molecule has 0 bridgehead atoms. The molecular weight excluding hydrogens is 494 g/mol. The predicted octanol–water partition coefficient (Wildman–Crippen LogP) is 5.38. The fraction of sp³-hybridized carbons (Fsp3) is 0.483. The fourth-order valence-electron chi connectivity index (χ4n) is 3.99. The number of esters is 3. The van der Waals surface area contributed by atoms with Gasteiger partial charge in [0.25, 0.3) is 0 Å². The molecule has 0 aromatic heterocycles. The summed E-state index contributed by atoms with van der Waals surface area (Å²) in [6.45, 7) is 14.0. The summed E-state index contributed by atoms with van der Waals surface area (Å²) in [5.74, 6) is -0.903. The fourth-order valence-corrected chi connectivity index (χ4v) is 3.99. The molecule has 1 atom stereocenters. The number of benzene rings is 2. The summed E-state index contributed by atoms with van der Waals surface area (Å²) in [6, 6.07) is 9.34. The van der Waals surface area contributed by atoms with Gasteiger partial charge < -0.3 is 19.5 Å². The van der Waals surface area contributed by atoms with Crippen molar-refractivity contribution in [3.63, 3.8) is 0 Å². The molecule has 0 saturated carbocycles. The number of fused-ring (bicyclic) bond motifs is 1. The van der Waals surface area contributed by atoms with Crippen molar-refractivity contribution < 1.29 is 28.6 Å². The van der Waals surface area contributed by atoms with Crippen molar-refractivity contribution in [1.29, 1.82) is 0 Å². The molecule has 3 rings (SSSR count). The Morgan fingerprint density at radius 3 is 1.95 bits per heavy atom. The summed E-state index contributed by atoms with van der Waals surface area (Å²) in [7, 11) is 0. The molecule has 2 aromatic carbocycles. The highest BCUT2D eigenvalue weighted by atomic mass is 35.5. The molecule has 0 aliphatic carbocycles. The van der Waals surface area contributed by atoms with E-state index in [4.69, 9.17) is 14.2 Å². The molecule has 0 saturated heterocycles. The van der Waals surface area contributed by atoms with Gasteiger partial charge in [0.2, 0.25) is 0 Å². The van der Waals surface area contributed by atoms with E-state index in [1.807, 2.05) is 25.1 Å². The highest BCUT2D eigenvalue weighted by Gasteiger charge is 2.28. The average molecular weight is 532 g/mol. The van der Waals surface area contributed by atoms with E-state index in [9.17, 15) is 14.4 Å². The zero-order valence-corrected chi connectivity index (χ0v) is 23.5.